The predicted octanol–water partition coefficient (Wildman–Crippen LogP) is 1.64. The van der Waals surface area contributed by atoms with Crippen LogP contribution in [0.1, 0.15) is 33.6 Å². The van der Waals surface area contributed by atoms with Gasteiger partial charge in [0.2, 0.25) is 11.8 Å². The normalized spacial score (nSPS) is 31.9. The van der Waals surface area contributed by atoms with Gasteiger partial charge in [0, 0.05) is 12.1 Å². The SMILES string of the molecule is CC1(C)NC(=O)C(C)(C2CC2)N(C/C=C/Cl)C1=O. The Morgan fingerprint density at radius 2 is 2.00 bits per heavy atom. The van der Waals surface area contributed by atoms with Gasteiger partial charge < -0.3 is 10.2 Å². The third-order valence-electron chi connectivity index (χ3n) is 3.98. The molecule has 2 fully saturated rings. The zero-order valence-corrected chi connectivity index (χ0v) is 11.8. The molecule has 1 saturated heterocycles. The lowest BCUT2D eigenvalue weighted by Gasteiger charge is -2.49. The smallest absolute Gasteiger partial charge is 0.248 e. The van der Waals surface area contributed by atoms with E-state index in [9.17, 15) is 9.59 Å². The van der Waals surface area contributed by atoms with E-state index in [1.54, 1.807) is 24.8 Å². The number of piperazine rings is 1. The second-order valence-electron chi connectivity index (χ2n) is 5.78. The van der Waals surface area contributed by atoms with Crippen molar-refractivity contribution >= 4 is 23.4 Å². The van der Waals surface area contributed by atoms with Gasteiger partial charge >= 0.3 is 0 Å². The summed E-state index contributed by atoms with van der Waals surface area (Å²) in [5, 5.41) is 2.84. The summed E-state index contributed by atoms with van der Waals surface area (Å²) in [4.78, 5) is 26.5. The molecule has 1 aliphatic heterocycles. The molecule has 100 valence electrons. The zero-order valence-electron chi connectivity index (χ0n) is 11.0. The van der Waals surface area contributed by atoms with Crippen LogP contribution in [0.2, 0.25) is 0 Å². The summed E-state index contributed by atoms with van der Waals surface area (Å²) in [5.74, 6) is 0.158. The van der Waals surface area contributed by atoms with Gasteiger partial charge in [-0.25, -0.2) is 0 Å². The summed E-state index contributed by atoms with van der Waals surface area (Å²) in [6, 6.07) is 0. The molecular formula is C13H19ClN2O2. The molecule has 2 aliphatic rings. The summed E-state index contributed by atoms with van der Waals surface area (Å²) < 4.78 is 0. The molecule has 0 aromatic rings. The van der Waals surface area contributed by atoms with Gasteiger partial charge in [0.05, 0.1) is 0 Å². The van der Waals surface area contributed by atoms with Crippen molar-refractivity contribution in [2.75, 3.05) is 6.54 Å². The minimum atomic E-state index is -0.842. The Balaban J connectivity index is 2.37. The zero-order chi connectivity index (χ0) is 13.6. The number of carbonyl (C=O) groups excluding carboxylic acids is 2. The van der Waals surface area contributed by atoms with Crippen molar-refractivity contribution in [3.63, 3.8) is 0 Å². The first-order valence-electron chi connectivity index (χ1n) is 6.24. The number of amides is 2. The molecule has 1 unspecified atom stereocenters. The Kier molecular flexibility index (Phi) is 3.18. The molecule has 4 nitrogen and oxygen atoms in total. The highest BCUT2D eigenvalue weighted by molar-refractivity contribution is 6.25. The van der Waals surface area contributed by atoms with E-state index in [1.807, 2.05) is 6.92 Å². The molecule has 1 atom stereocenters. The Hall–Kier alpha value is -1.03. The number of nitrogens with zero attached hydrogens (tertiary/aromatic N) is 1. The predicted molar refractivity (Wildman–Crippen MR) is 70.1 cm³/mol. The maximum Gasteiger partial charge on any atom is 0.248 e. The molecule has 5 heteroatoms. The van der Waals surface area contributed by atoms with Gasteiger partial charge in [-0.2, -0.15) is 0 Å². The molecule has 0 spiro atoms. The van der Waals surface area contributed by atoms with Crippen LogP contribution in [0.25, 0.3) is 0 Å². The third kappa shape index (κ3) is 1.92. The maximum atomic E-state index is 12.5. The van der Waals surface area contributed by atoms with Gasteiger partial charge in [-0.05, 0) is 39.5 Å². The molecule has 1 aliphatic carbocycles. The molecule has 2 amide bonds. The number of hydrogen-bond donors (Lipinski definition) is 1. The van der Waals surface area contributed by atoms with E-state index < -0.39 is 11.1 Å². The van der Waals surface area contributed by atoms with Crippen LogP contribution in [0.3, 0.4) is 0 Å². The molecule has 1 N–H and O–H groups in total. The minimum Gasteiger partial charge on any atom is -0.340 e. The fourth-order valence-electron chi connectivity index (χ4n) is 2.60. The van der Waals surface area contributed by atoms with E-state index in [4.69, 9.17) is 11.6 Å². The third-order valence-corrected chi connectivity index (χ3v) is 4.15. The van der Waals surface area contributed by atoms with Crippen LogP contribution in [-0.2, 0) is 9.59 Å². The number of rotatable bonds is 3. The molecule has 1 saturated carbocycles. The number of hydrogen-bond acceptors (Lipinski definition) is 2. The summed E-state index contributed by atoms with van der Waals surface area (Å²) in [5.41, 5.74) is -0.186. The van der Waals surface area contributed by atoms with E-state index in [2.05, 4.69) is 5.32 Å². The average Bonchev–Trinajstić information content (AvgIpc) is 3.10. The highest BCUT2D eigenvalue weighted by Crippen LogP contribution is 2.45. The van der Waals surface area contributed by atoms with Crippen LogP contribution < -0.4 is 5.32 Å². The highest BCUT2D eigenvalue weighted by Gasteiger charge is 2.58. The molecule has 0 aromatic heterocycles. The standard InChI is InChI=1S/C13H19ClN2O2/c1-12(2)11(18)16(8-4-7-14)13(3,9-5-6-9)10(17)15-12/h4,7,9H,5-6,8H2,1-3H3,(H,15,17)/b7-4+. The van der Waals surface area contributed by atoms with Crippen LogP contribution in [-0.4, -0.2) is 34.3 Å². The molecule has 0 bridgehead atoms. The number of halogens is 1. The second-order valence-corrected chi connectivity index (χ2v) is 6.03. The fourth-order valence-corrected chi connectivity index (χ4v) is 2.68. The Morgan fingerprint density at radius 1 is 1.39 bits per heavy atom. The summed E-state index contributed by atoms with van der Waals surface area (Å²) in [6.45, 7) is 5.70. The average molecular weight is 271 g/mol. The summed E-state index contributed by atoms with van der Waals surface area (Å²) in [6.07, 6.45) is 3.70. The van der Waals surface area contributed by atoms with Gasteiger partial charge in [0.1, 0.15) is 11.1 Å². The van der Waals surface area contributed by atoms with Gasteiger partial charge in [0.25, 0.3) is 0 Å². The molecule has 1 heterocycles. The summed E-state index contributed by atoms with van der Waals surface area (Å²) in [7, 11) is 0. The van der Waals surface area contributed by atoms with Crippen LogP contribution in [0, 0.1) is 5.92 Å². The fraction of sp³-hybridized carbons (Fsp3) is 0.692. The van der Waals surface area contributed by atoms with Gasteiger partial charge in [-0.3, -0.25) is 9.59 Å². The summed E-state index contributed by atoms with van der Waals surface area (Å²) >= 11 is 5.55. The van der Waals surface area contributed by atoms with Gasteiger partial charge in [0.15, 0.2) is 0 Å². The largest absolute Gasteiger partial charge is 0.340 e. The van der Waals surface area contributed by atoms with E-state index in [-0.39, 0.29) is 17.7 Å². The van der Waals surface area contributed by atoms with Crippen LogP contribution >= 0.6 is 11.6 Å². The van der Waals surface area contributed by atoms with Gasteiger partial charge in [-0.15, -0.1) is 0 Å². The molecule has 18 heavy (non-hydrogen) atoms. The molecular weight excluding hydrogens is 252 g/mol. The monoisotopic (exact) mass is 270 g/mol. The highest BCUT2D eigenvalue weighted by atomic mass is 35.5. The lowest BCUT2D eigenvalue weighted by Crippen LogP contribution is -2.74. The molecule has 0 aromatic carbocycles. The van der Waals surface area contributed by atoms with Crippen molar-refractivity contribution < 1.29 is 9.59 Å². The Morgan fingerprint density at radius 3 is 2.50 bits per heavy atom. The minimum absolute atomic E-state index is 0.0498. The van der Waals surface area contributed by atoms with Crippen molar-refractivity contribution in [1.82, 2.24) is 10.2 Å². The Bertz CT molecular complexity index is 415. The van der Waals surface area contributed by atoms with E-state index in [1.165, 1.54) is 5.54 Å². The lowest BCUT2D eigenvalue weighted by molar-refractivity contribution is -0.161. The molecule has 2 rings (SSSR count). The maximum absolute atomic E-state index is 12.5. The first-order chi connectivity index (χ1) is 8.34. The first-order valence-corrected chi connectivity index (χ1v) is 6.67. The van der Waals surface area contributed by atoms with Crippen molar-refractivity contribution in [3.05, 3.63) is 11.6 Å². The Labute approximate surface area is 112 Å². The van der Waals surface area contributed by atoms with Crippen LogP contribution in [0.15, 0.2) is 11.6 Å². The van der Waals surface area contributed by atoms with Crippen molar-refractivity contribution in [3.8, 4) is 0 Å². The van der Waals surface area contributed by atoms with E-state index in [0.717, 1.165) is 12.8 Å². The van der Waals surface area contributed by atoms with Crippen molar-refractivity contribution in [2.45, 2.75) is 44.7 Å². The number of carbonyl (C=O) groups is 2. The second kappa shape index (κ2) is 4.26. The number of nitrogens with one attached hydrogen (secondary N) is 1. The first kappa shape index (κ1) is 13.4. The molecule has 0 radical (unpaired) electrons. The topological polar surface area (TPSA) is 49.4 Å². The quantitative estimate of drug-likeness (QED) is 0.848. The van der Waals surface area contributed by atoms with Gasteiger partial charge in [-0.1, -0.05) is 17.7 Å². The van der Waals surface area contributed by atoms with Crippen LogP contribution in [0.4, 0.5) is 0 Å². The van der Waals surface area contributed by atoms with E-state index in [0.29, 0.717) is 6.54 Å². The van der Waals surface area contributed by atoms with Crippen molar-refractivity contribution in [1.29, 1.82) is 0 Å². The lowest BCUT2D eigenvalue weighted by atomic mass is 9.84. The van der Waals surface area contributed by atoms with Crippen molar-refractivity contribution in [2.24, 2.45) is 5.92 Å². The van der Waals surface area contributed by atoms with E-state index >= 15 is 0 Å². The van der Waals surface area contributed by atoms with Crippen LogP contribution in [0.5, 0.6) is 0 Å².